The monoisotopic (exact) mass is 1180 g/mol. The molecule has 0 atom stereocenters. The number of halogens is 2. The fourth-order valence-corrected chi connectivity index (χ4v) is 14.9. The maximum absolute atomic E-state index is 18.4. The summed E-state index contributed by atoms with van der Waals surface area (Å²) < 4.78 is 36.8. The number of anilines is 6. The Morgan fingerprint density at radius 2 is 0.663 bits per heavy atom. The van der Waals surface area contributed by atoms with E-state index >= 15 is 8.78 Å². The second-order valence-electron chi connectivity index (χ2n) is 25.0. The molecule has 0 spiro atoms. The first kappa shape index (κ1) is 54.7. The molecule has 0 fully saturated rings. The average Bonchev–Trinajstić information content (AvgIpc) is 0.703. The van der Waals surface area contributed by atoms with Crippen molar-refractivity contribution >= 4 is 98.8 Å². The summed E-state index contributed by atoms with van der Waals surface area (Å²) in [6, 6.07) is 107. The average molecular weight is 1180 g/mol. The quantitative estimate of drug-likeness (QED) is 0.126. The summed E-state index contributed by atoms with van der Waals surface area (Å²) in [5.74, 6) is -0.616. The van der Waals surface area contributed by atoms with E-state index in [1.54, 1.807) is 0 Å². The molecule has 0 saturated carbocycles. The summed E-state index contributed by atoms with van der Waals surface area (Å²) >= 11 is 0. The third-order valence-electron chi connectivity index (χ3n) is 19.5. The van der Waals surface area contributed by atoms with Crippen molar-refractivity contribution in [3.63, 3.8) is 0 Å². The summed E-state index contributed by atoms with van der Waals surface area (Å²) in [6.07, 6.45) is 0. The Labute approximate surface area is 533 Å². The van der Waals surface area contributed by atoms with Crippen LogP contribution in [0.1, 0.15) is 30.5 Å². The number of rotatable bonds is 10. The molecule has 0 heterocycles. The molecule has 0 aliphatic heterocycles. The zero-order valence-corrected chi connectivity index (χ0v) is 51.1. The van der Waals surface area contributed by atoms with Gasteiger partial charge in [-0.3, -0.25) is 0 Å². The molecule has 2 nitrogen and oxygen atoms in total. The first-order valence-electron chi connectivity index (χ1n) is 31.6. The third kappa shape index (κ3) is 8.88. The normalized spacial score (nSPS) is 12.5. The van der Waals surface area contributed by atoms with Gasteiger partial charge in [0.05, 0.1) is 11.4 Å². The van der Waals surface area contributed by atoms with E-state index < -0.39 is 5.41 Å². The van der Waals surface area contributed by atoms with Crippen LogP contribution in [-0.2, 0) is 5.41 Å². The molecule has 0 saturated heterocycles. The van der Waals surface area contributed by atoms with E-state index in [2.05, 4.69) is 219 Å². The van der Waals surface area contributed by atoms with Gasteiger partial charge in [0, 0.05) is 39.3 Å². The van der Waals surface area contributed by atoms with Crippen LogP contribution in [0.3, 0.4) is 0 Å². The van der Waals surface area contributed by atoms with Gasteiger partial charge < -0.3 is 9.80 Å². The van der Waals surface area contributed by atoms with Crippen molar-refractivity contribution in [2.45, 2.75) is 26.2 Å². The second-order valence-corrected chi connectivity index (χ2v) is 25.0. The number of nitrogens with zero attached hydrogens (tertiary/aromatic N) is 2. The Hall–Kier alpha value is -11.5. The largest absolute Gasteiger partial charge is 0.308 e. The van der Waals surface area contributed by atoms with Gasteiger partial charge in [-0.15, -0.1) is 0 Å². The van der Waals surface area contributed by atoms with E-state index in [4.69, 9.17) is 0 Å². The minimum atomic E-state index is -0.533. The van der Waals surface area contributed by atoms with Crippen molar-refractivity contribution in [3.8, 4) is 55.6 Å². The van der Waals surface area contributed by atoms with Gasteiger partial charge in [-0.2, -0.15) is 0 Å². The van der Waals surface area contributed by atoms with Crippen LogP contribution in [0.15, 0.2) is 309 Å². The van der Waals surface area contributed by atoms with E-state index in [1.807, 2.05) is 121 Å². The van der Waals surface area contributed by atoms with E-state index in [-0.39, 0.29) is 11.6 Å². The Kier molecular flexibility index (Phi) is 12.9. The van der Waals surface area contributed by atoms with Crippen LogP contribution >= 0.6 is 0 Å². The lowest BCUT2D eigenvalue weighted by molar-refractivity contribution is 0.632. The molecule has 0 aromatic heterocycles. The van der Waals surface area contributed by atoms with Gasteiger partial charge in [-0.05, 0) is 206 Å². The molecule has 4 heteroatoms. The molecule has 0 radical (unpaired) electrons. The van der Waals surface area contributed by atoms with Crippen LogP contribution in [0, 0.1) is 18.6 Å². The maximum Gasteiger partial charge on any atom is 0.155 e. The Balaban J connectivity index is 0.882. The van der Waals surface area contributed by atoms with E-state index in [0.29, 0.717) is 22.5 Å². The fraction of sp³-hybridized carbons (Fsp3) is 0.0455. The highest BCUT2D eigenvalue weighted by molar-refractivity contribution is 6.20. The number of benzene rings is 16. The first-order chi connectivity index (χ1) is 45.1. The molecule has 92 heavy (non-hydrogen) atoms. The lowest BCUT2D eigenvalue weighted by Gasteiger charge is -2.38. The van der Waals surface area contributed by atoms with Gasteiger partial charge in [0.25, 0.3) is 0 Å². The van der Waals surface area contributed by atoms with Gasteiger partial charge in [-0.25, -0.2) is 8.78 Å². The lowest BCUT2D eigenvalue weighted by atomic mass is 9.67. The molecule has 16 aromatic carbocycles. The standard InChI is InChI=1S/C88H60F2N2/c1-55-70-45-43-68(91(66-41-39-62-37-35-60-29-16-18-31-71(60)75(62)51-66)82-49-64(56-21-8-4-9-22-56)47-77(86(82)89)58-25-12-6-13-26-58)53-79(70)73-33-20-34-80-85(73)84(55)74-46-44-69(54-81(74)88(80,2)3)92(67-42-40-63-38-36-61-30-17-19-32-72(61)76(63)52-67)83-50-65(57-23-10-5-11-24-57)48-78(87(83)90)59-27-14-7-15-28-59/h4-54H,1-3H3. The van der Waals surface area contributed by atoms with Crippen LogP contribution in [0.4, 0.5) is 42.9 Å². The smallest absolute Gasteiger partial charge is 0.155 e. The molecular weight excluding hydrogens is 1120 g/mol. The zero-order chi connectivity index (χ0) is 61.8. The van der Waals surface area contributed by atoms with E-state index in [1.165, 1.54) is 16.5 Å². The molecule has 0 N–H and O–H groups in total. The summed E-state index contributed by atoms with van der Waals surface area (Å²) in [5, 5.41) is 13.5. The van der Waals surface area contributed by atoms with Crippen molar-refractivity contribution < 1.29 is 8.78 Å². The second kappa shape index (κ2) is 21.7. The molecule has 436 valence electrons. The molecular formula is C88H60F2N2. The van der Waals surface area contributed by atoms with Gasteiger partial charge in [0.1, 0.15) is 0 Å². The molecule has 0 unspecified atom stereocenters. The molecule has 0 bridgehead atoms. The van der Waals surface area contributed by atoms with Crippen molar-refractivity contribution in [1.29, 1.82) is 0 Å². The summed E-state index contributed by atoms with van der Waals surface area (Å²) in [5.41, 5.74) is 16.0. The number of hydrogen-bond acceptors (Lipinski definition) is 2. The van der Waals surface area contributed by atoms with Crippen molar-refractivity contribution in [3.05, 3.63) is 338 Å². The van der Waals surface area contributed by atoms with E-state index in [9.17, 15) is 0 Å². The zero-order valence-electron chi connectivity index (χ0n) is 51.1. The molecule has 17 rings (SSSR count). The van der Waals surface area contributed by atoms with Crippen LogP contribution < -0.4 is 9.80 Å². The van der Waals surface area contributed by atoms with Crippen molar-refractivity contribution in [2.24, 2.45) is 0 Å². The first-order valence-corrected chi connectivity index (χ1v) is 31.6. The van der Waals surface area contributed by atoms with Gasteiger partial charge in [0.2, 0.25) is 0 Å². The van der Waals surface area contributed by atoms with Crippen molar-refractivity contribution in [1.82, 2.24) is 0 Å². The lowest BCUT2D eigenvalue weighted by Crippen LogP contribution is -2.25. The van der Waals surface area contributed by atoms with Crippen LogP contribution in [-0.4, -0.2) is 0 Å². The summed E-state index contributed by atoms with van der Waals surface area (Å²) in [6.45, 7) is 6.92. The number of fused-ring (bicyclic) bond motifs is 10. The Bertz CT molecular complexity index is 5640. The SMILES string of the molecule is Cc1c2c3c(cccc3c3cc(N(c4ccc5ccc6ccccc6c5c4)c4cc(-c5ccccc5)cc(-c5ccccc5)c4F)ccc13)C(C)(C)c1cc(N(c3ccc4ccc5ccccc5c4c3)c3cc(-c4ccccc4)cc(-c4ccccc4)c3F)ccc1-2. The number of hydrogen-bond donors (Lipinski definition) is 0. The van der Waals surface area contributed by atoms with Crippen LogP contribution in [0.2, 0.25) is 0 Å². The van der Waals surface area contributed by atoms with Gasteiger partial charge in [0.15, 0.2) is 11.6 Å². The Morgan fingerprint density at radius 3 is 1.16 bits per heavy atom. The molecule has 0 amide bonds. The predicted molar refractivity (Wildman–Crippen MR) is 385 cm³/mol. The molecule has 1 aliphatic carbocycles. The van der Waals surface area contributed by atoms with Crippen molar-refractivity contribution in [2.75, 3.05) is 9.80 Å². The van der Waals surface area contributed by atoms with Crippen LogP contribution in [0.5, 0.6) is 0 Å². The molecule has 1 aliphatic rings. The molecule has 16 aromatic rings. The van der Waals surface area contributed by atoms with Crippen LogP contribution in [0.25, 0.3) is 120 Å². The fourth-order valence-electron chi connectivity index (χ4n) is 14.9. The summed E-state index contributed by atoms with van der Waals surface area (Å²) in [4.78, 5) is 4.27. The van der Waals surface area contributed by atoms with Gasteiger partial charge >= 0.3 is 0 Å². The third-order valence-corrected chi connectivity index (χ3v) is 19.5. The maximum atomic E-state index is 18.4. The Morgan fingerprint density at radius 1 is 0.272 bits per heavy atom. The number of aryl methyl sites for hydroxylation is 1. The minimum absolute atomic E-state index is 0.307. The predicted octanol–water partition coefficient (Wildman–Crippen LogP) is 25.1. The minimum Gasteiger partial charge on any atom is -0.308 e. The van der Waals surface area contributed by atoms with E-state index in [0.717, 1.165) is 132 Å². The topological polar surface area (TPSA) is 6.48 Å². The van der Waals surface area contributed by atoms with Gasteiger partial charge in [-0.1, -0.05) is 250 Å². The summed E-state index contributed by atoms with van der Waals surface area (Å²) in [7, 11) is 0. The highest BCUT2D eigenvalue weighted by Crippen LogP contribution is 2.55. The highest BCUT2D eigenvalue weighted by atomic mass is 19.1. The highest BCUT2D eigenvalue weighted by Gasteiger charge is 2.37.